The smallest absolute Gasteiger partial charge is 0.356 e. The quantitative estimate of drug-likeness (QED) is 0.0562. The number of esters is 4. The third kappa shape index (κ3) is 7.78. The average molecular weight is 661 g/mol. The Hall–Kier alpha value is -6.18. The van der Waals surface area contributed by atoms with Gasteiger partial charge in [-0.05, 0) is 0 Å². The van der Waals surface area contributed by atoms with Gasteiger partial charge in [-0.3, -0.25) is 9.59 Å². The van der Waals surface area contributed by atoms with Gasteiger partial charge in [-0.15, -0.1) is 0 Å². The van der Waals surface area contributed by atoms with Gasteiger partial charge in [0.25, 0.3) is 0 Å². The fourth-order valence-corrected chi connectivity index (χ4v) is 4.46. The van der Waals surface area contributed by atoms with Crippen LogP contribution >= 0.6 is 0 Å². The van der Waals surface area contributed by atoms with E-state index in [0.29, 0.717) is 0 Å². The first kappa shape index (κ1) is 36.3. The summed E-state index contributed by atoms with van der Waals surface area (Å²) in [7, 11) is 11.6. The van der Waals surface area contributed by atoms with E-state index in [0.717, 1.165) is 39.2 Å². The number of ketones is 2. The Morgan fingerprint density at radius 1 is 0.458 bits per heavy atom. The molecule has 2 aromatic heterocycles. The predicted octanol–water partition coefficient (Wildman–Crippen LogP) is 0.233. The average Bonchev–Trinajstić information content (AvgIpc) is 3.11. The van der Waals surface area contributed by atoms with Crippen LogP contribution in [0.2, 0.25) is 0 Å². The molecule has 0 bridgehead atoms. The van der Waals surface area contributed by atoms with Gasteiger partial charge in [0.1, 0.15) is 50.7 Å². The monoisotopic (exact) mass is 660 g/mol. The number of pyridine rings is 2. The van der Waals surface area contributed by atoms with Crippen LogP contribution in [0, 0.1) is 0 Å². The molecular formula is C34H36N4O10+2. The minimum atomic E-state index is -1.11. The second-order valence-electron chi connectivity index (χ2n) is 10.4. The van der Waals surface area contributed by atoms with Crippen LogP contribution in [0.25, 0.3) is 11.4 Å². The number of methoxy groups -OCH3 is 4. The van der Waals surface area contributed by atoms with Crippen molar-refractivity contribution in [3.8, 4) is 0 Å². The van der Waals surface area contributed by atoms with Gasteiger partial charge in [-0.1, -0.05) is 24.3 Å². The van der Waals surface area contributed by atoms with Crippen LogP contribution in [0.4, 0.5) is 0 Å². The van der Waals surface area contributed by atoms with Crippen molar-refractivity contribution in [2.45, 2.75) is 0 Å². The van der Waals surface area contributed by atoms with Crippen molar-refractivity contribution in [1.82, 2.24) is 18.3 Å². The third-order valence-electron chi connectivity index (χ3n) is 7.05. The molecule has 0 unspecified atom stereocenters. The zero-order valence-electron chi connectivity index (χ0n) is 27.8. The highest BCUT2D eigenvalue weighted by Crippen LogP contribution is 2.23. The van der Waals surface area contributed by atoms with E-state index in [9.17, 15) is 28.8 Å². The molecule has 250 valence electrons. The maximum absolute atomic E-state index is 13.8. The predicted molar refractivity (Wildman–Crippen MR) is 173 cm³/mol. The number of carbonyl (C=O) groups excluding carboxylic acids is 6. The van der Waals surface area contributed by atoms with Crippen molar-refractivity contribution in [2.75, 3.05) is 56.6 Å². The van der Waals surface area contributed by atoms with E-state index in [2.05, 4.69) is 0 Å². The van der Waals surface area contributed by atoms with Crippen LogP contribution in [0.3, 0.4) is 0 Å². The Kier molecular flexibility index (Phi) is 12.0. The highest BCUT2D eigenvalue weighted by atomic mass is 16.5. The van der Waals surface area contributed by atoms with Gasteiger partial charge in [0.2, 0.25) is 22.3 Å². The maximum atomic E-state index is 13.8. The summed E-state index contributed by atoms with van der Waals surface area (Å²) in [5.41, 5.74) is -2.29. The molecule has 2 heterocycles. The lowest BCUT2D eigenvalue weighted by molar-refractivity contribution is -0.137. The van der Waals surface area contributed by atoms with Crippen molar-refractivity contribution in [2.24, 2.45) is 0 Å². The van der Waals surface area contributed by atoms with Crippen LogP contribution in [0.1, 0.15) is 20.7 Å². The Bertz CT molecular complexity index is 1820. The van der Waals surface area contributed by atoms with Crippen LogP contribution in [0.15, 0.2) is 84.5 Å². The largest absolute Gasteiger partial charge is 0.465 e. The molecule has 14 heteroatoms. The molecule has 14 nitrogen and oxygen atoms in total. The number of hydrogen-bond acceptors (Lipinski definition) is 10. The number of nitrogens with zero attached hydrogens (tertiary/aromatic N) is 4. The number of ether oxygens (including phenoxy) is 4. The minimum Gasteiger partial charge on any atom is -0.465 e. The summed E-state index contributed by atoms with van der Waals surface area (Å²) >= 11 is 0. The first-order chi connectivity index (χ1) is 22.8. The summed E-state index contributed by atoms with van der Waals surface area (Å²) in [6, 6.07) is 11.5. The Labute approximate surface area is 275 Å². The molecule has 0 atom stereocenters. The van der Waals surface area contributed by atoms with Gasteiger partial charge in [-0.2, -0.15) is 0 Å². The van der Waals surface area contributed by atoms with E-state index in [1.807, 2.05) is 37.3 Å². The van der Waals surface area contributed by atoms with Crippen LogP contribution < -0.4 is 19.9 Å². The summed E-state index contributed by atoms with van der Waals surface area (Å²) in [6.07, 6.45) is 5.91. The summed E-state index contributed by atoms with van der Waals surface area (Å²) in [5, 5.41) is 1.56. The molecule has 0 radical (unpaired) electrons. The van der Waals surface area contributed by atoms with Crippen LogP contribution in [-0.2, 0) is 38.1 Å². The highest BCUT2D eigenvalue weighted by molar-refractivity contribution is 6.35. The van der Waals surface area contributed by atoms with Gasteiger partial charge < -0.3 is 28.1 Å². The van der Waals surface area contributed by atoms with E-state index in [4.69, 9.17) is 18.9 Å². The van der Waals surface area contributed by atoms with Gasteiger partial charge in [0.05, 0.1) is 28.4 Å². The summed E-state index contributed by atoms with van der Waals surface area (Å²) in [5.74, 6) is -6.03. The molecule has 3 aromatic rings. The van der Waals surface area contributed by atoms with Crippen molar-refractivity contribution in [3.63, 3.8) is 0 Å². The fraction of sp³-hybridized carbons (Fsp3) is 0.235. The minimum absolute atomic E-state index is 0.107. The van der Waals surface area contributed by atoms with E-state index >= 15 is 0 Å². The Balaban J connectivity index is 2.20. The van der Waals surface area contributed by atoms with Gasteiger partial charge in [0, 0.05) is 60.2 Å². The summed E-state index contributed by atoms with van der Waals surface area (Å²) in [4.78, 5) is 79.4. The Morgan fingerprint density at radius 3 is 0.958 bits per heavy atom. The first-order valence-electron chi connectivity index (χ1n) is 14.2. The fourth-order valence-electron chi connectivity index (χ4n) is 4.46. The molecule has 0 aliphatic rings. The van der Waals surface area contributed by atoms with E-state index in [-0.39, 0.29) is 11.1 Å². The summed E-state index contributed by atoms with van der Waals surface area (Å²) in [6.45, 7) is 0. The molecule has 0 spiro atoms. The van der Waals surface area contributed by atoms with Crippen molar-refractivity contribution in [3.05, 3.63) is 106 Å². The van der Waals surface area contributed by atoms with Crippen LogP contribution in [-0.4, -0.2) is 101 Å². The van der Waals surface area contributed by atoms with Crippen molar-refractivity contribution in [1.29, 1.82) is 0 Å². The lowest BCUT2D eigenvalue weighted by Crippen LogP contribution is -2.26. The van der Waals surface area contributed by atoms with Gasteiger partial charge >= 0.3 is 23.9 Å². The number of benzene rings is 1. The normalized spacial score (nSPS) is 11.7. The lowest BCUT2D eigenvalue weighted by atomic mass is 9.96. The second kappa shape index (κ2) is 15.9. The number of carbonyl (C=O) groups is 6. The van der Waals surface area contributed by atoms with Crippen LogP contribution in [0.5, 0.6) is 0 Å². The molecule has 0 saturated carbocycles. The number of aromatic nitrogens is 2. The molecule has 0 amide bonds. The molecule has 3 rings (SSSR count). The zero-order valence-corrected chi connectivity index (χ0v) is 27.8. The highest BCUT2D eigenvalue weighted by Gasteiger charge is 2.33. The number of hydrogen-bond donors (Lipinski definition) is 0. The zero-order chi connectivity index (χ0) is 35.7. The van der Waals surface area contributed by atoms with E-state index in [1.54, 1.807) is 24.3 Å². The number of Topliss-reactive ketones (excluding diaryl/α,β-unsaturated/α-hetero) is 2. The molecule has 0 aliphatic heterocycles. The standard InChI is InChI=1S/C34H36N4O10/c1-35(2)23-13-17-37(18-14-23)27(33(43)47-7)25(31(41)45-5)29(39)21-9-11-22(12-10-21)30(40)26(32(42)46-6)28(34(44)48-8)38-19-15-24(16-20-38)36(3)4/h9-20H,1-8H3/q+2/b27-25-,28-26-. The molecule has 0 aliphatic carbocycles. The van der Waals surface area contributed by atoms with Gasteiger partial charge in [-0.25, -0.2) is 28.3 Å². The van der Waals surface area contributed by atoms with E-state index in [1.165, 1.54) is 58.2 Å². The lowest BCUT2D eigenvalue weighted by Gasteiger charge is -2.15. The maximum Gasteiger partial charge on any atom is 0.356 e. The van der Waals surface area contributed by atoms with Crippen molar-refractivity contribution < 1.29 is 47.7 Å². The first-order valence-corrected chi connectivity index (χ1v) is 14.2. The molecule has 0 fully saturated rings. The number of rotatable bonds is 10. The molecule has 1 aromatic carbocycles. The summed E-state index contributed by atoms with van der Waals surface area (Å²) < 4.78 is 25.7. The van der Waals surface area contributed by atoms with Crippen molar-refractivity contribution >= 4 is 46.8 Å². The van der Waals surface area contributed by atoms with Gasteiger partial charge in [0.15, 0.2) is 0 Å². The molecular weight excluding hydrogens is 624 g/mol. The Morgan fingerprint density at radius 2 is 0.729 bits per heavy atom. The van der Waals surface area contributed by atoms with E-state index < -0.39 is 58.0 Å². The third-order valence-corrected chi connectivity index (χ3v) is 7.05. The second-order valence-corrected chi connectivity index (χ2v) is 10.4. The SMILES string of the molecule is COC(=O)/C(C(=O)c1ccc(C(=O)/C(C(=O)OC)=C(\C(=O)OC)n2ccc(=[N+](C)C)cc2)cc1)=C(/C(=O)OC)n1ccc(=[N+](C)C)cc1. The molecule has 48 heavy (non-hydrogen) atoms. The topological polar surface area (TPSA) is 155 Å². The molecule has 0 saturated heterocycles. The molecule has 0 N–H and O–H groups in total.